The fourth-order valence-electron chi connectivity index (χ4n) is 2.03. The monoisotopic (exact) mass is 302 g/mol. The van der Waals surface area contributed by atoms with E-state index in [2.05, 4.69) is 40.6 Å². The first-order valence-electron chi connectivity index (χ1n) is 6.11. The summed E-state index contributed by atoms with van der Waals surface area (Å²) < 4.78 is 0. The van der Waals surface area contributed by atoms with E-state index in [-0.39, 0.29) is 0 Å². The Morgan fingerprint density at radius 1 is 1.25 bits per heavy atom. The predicted molar refractivity (Wildman–Crippen MR) is 88.1 cm³/mol. The number of benzene rings is 1. The number of nitrogens with two attached hydrogens (primary N) is 1. The standard InChI is InChI=1S/C14H14N4S2/c1-8-7-9-12(17-14(15)18-13(9)20-8)16-10-5-3-4-6-11(10)19-2/h3-7H,1-2H3,(H3,15,16,17,18). The SMILES string of the molecule is CSc1ccccc1Nc1nc(N)nc2sc(C)cc12. The lowest BCUT2D eigenvalue weighted by atomic mass is 10.3. The largest absolute Gasteiger partial charge is 0.368 e. The highest BCUT2D eigenvalue weighted by atomic mass is 32.2. The summed E-state index contributed by atoms with van der Waals surface area (Å²) in [4.78, 5) is 11.9. The van der Waals surface area contributed by atoms with Gasteiger partial charge in [-0.3, -0.25) is 0 Å². The fraction of sp³-hybridized carbons (Fsp3) is 0.143. The summed E-state index contributed by atoms with van der Waals surface area (Å²) in [6.07, 6.45) is 2.05. The topological polar surface area (TPSA) is 63.8 Å². The number of nitrogens with one attached hydrogen (secondary N) is 1. The molecule has 0 aliphatic rings. The maximum Gasteiger partial charge on any atom is 0.223 e. The molecule has 0 spiro atoms. The molecule has 0 unspecified atom stereocenters. The molecule has 102 valence electrons. The highest BCUT2D eigenvalue weighted by Crippen LogP contribution is 2.33. The van der Waals surface area contributed by atoms with Crippen molar-refractivity contribution < 1.29 is 0 Å². The number of nitrogens with zero attached hydrogens (tertiary/aromatic N) is 2. The van der Waals surface area contributed by atoms with Crippen LogP contribution in [0, 0.1) is 6.92 Å². The smallest absolute Gasteiger partial charge is 0.223 e. The molecular formula is C14H14N4S2. The normalized spacial score (nSPS) is 10.9. The highest BCUT2D eigenvalue weighted by molar-refractivity contribution is 7.98. The number of thioether (sulfide) groups is 1. The number of fused-ring (bicyclic) bond motifs is 1. The molecule has 3 aromatic rings. The average molecular weight is 302 g/mol. The van der Waals surface area contributed by atoms with E-state index in [1.807, 2.05) is 18.2 Å². The summed E-state index contributed by atoms with van der Waals surface area (Å²) in [5, 5.41) is 4.39. The Kier molecular flexibility index (Phi) is 3.50. The van der Waals surface area contributed by atoms with Crippen molar-refractivity contribution in [3.8, 4) is 0 Å². The Bertz CT molecular complexity index is 767. The molecule has 6 heteroatoms. The van der Waals surface area contributed by atoms with Crippen LogP contribution < -0.4 is 11.1 Å². The van der Waals surface area contributed by atoms with Crippen molar-refractivity contribution in [3.05, 3.63) is 35.2 Å². The Hall–Kier alpha value is -1.79. The molecule has 0 bridgehead atoms. The number of hydrogen-bond acceptors (Lipinski definition) is 6. The lowest BCUT2D eigenvalue weighted by Gasteiger charge is -2.10. The van der Waals surface area contributed by atoms with E-state index < -0.39 is 0 Å². The van der Waals surface area contributed by atoms with Gasteiger partial charge in [0.1, 0.15) is 10.6 Å². The molecule has 0 atom stereocenters. The zero-order valence-electron chi connectivity index (χ0n) is 11.2. The third kappa shape index (κ3) is 2.44. The van der Waals surface area contributed by atoms with Gasteiger partial charge in [-0.05, 0) is 31.4 Å². The molecule has 0 amide bonds. The van der Waals surface area contributed by atoms with Crippen molar-refractivity contribution in [3.63, 3.8) is 0 Å². The van der Waals surface area contributed by atoms with Crippen molar-refractivity contribution in [2.24, 2.45) is 0 Å². The second-order valence-corrected chi connectivity index (χ2v) is 6.41. The molecule has 0 saturated carbocycles. The summed E-state index contributed by atoms with van der Waals surface area (Å²) in [6, 6.07) is 10.2. The third-order valence-electron chi connectivity index (χ3n) is 2.89. The van der Waals surface area contributed by atoms with Crippen LogP contribution in [-0.2, 0) is 0 Å². The van der Waals surface area contributed by atoms with E-state index in [0.717, 1.165) is 21.7 Å². The van der Waals surface area contributed by atoms with Gasteiger partial charge >= 0.3 is 0 Å². The van der Waals surface area contributed by atoms with E-state index >= 15 is 0 Å². The van der Waals surface area contributed by atoms with E-state index in [1.54, 1.807) is 23.1 Å². The molecule has 4 nitrogen and oxygen atoms in total. The van der Waals surface area contributed by atoms with E-state index in [4.69, 9.17) is 5.73 Å². The van der Waals surface area contributed by atoms with Crippen molar-refractivity contribution in [2.75, 3.05) is 17.3 Å². The van der Waals surface area contributed by atoms with Crippen LogP contribution in [0.5, 0.6) is 0 Å². The van der Waals surface area contributed by atoms with Crippen LogP contribution in [0.15, 0.2) is 35.2 Å². The summed E-state index contributed by atoms with van der Waals surface area (Å²) in [6.45, 7) is 2.06. The summed E-state index contributed by atoms with van der Waals surface area (Å²) in [5.41, 5.74) is 6.83. The minimum atomic E-state index is 0.295. The minimum Gasteiger partial charge on any atom is -0.368 e. The van der Waals surface area contributed by atoms with Crippen molar-refractivity contribution in [1.82, 2.24) is 9.97 Å². The van der Waals surface area contributed by atoms with E-state index in [0.29, 0.717) is 5.95 Å². The van der Waals surface area contributed by atoms with Gasteiger partial charge < -0.3 is 11.1 Å². The number of anilines is 3. The van der Waals surface area contributed by atoms with Gasteiger partial charge in [-0.25, -0.2) is 4.98 Å². The van der Waals surface area contributed by atoms with Gasteiger partial charge in [-0.1, -0.05) is 12.1 Å². The number of para-hydroxylation sites is 1. The fourth-order valence-corrected chi connectivity index (χ4v) is 3.47. The molecule has 1 aromatic carbocycles. The molecule has 0 saturated heterocycles. The maximum atomic E-state index is 5.80. The molecule has 3 N–H and O–H groups in total. The van der Waals surface area contributed by atoms with Crippen LogP contribution in [0.3, 0.4) is 0 Å². The Labute approximate surface area is 125 Å². The molecule has 2 aromatic heterocycles. The Balaban J connectivity index is 2.10. The van der Waals surface area contributed by atoms with Gasteiger partial charge in [0.25, 0.3) is 0 Å². The molecular weight excluding hydrogens is 288 g/mol. The Morgan fingerprint density at radius 3 is 2.85 bits per heavy atom. The Morgan fingerprint density at radius 2 is 2.05 bits per heavy atom. The van der Waals surface area contributed by atoms with Gasteiger partial charge in [0.15, 0.2) is 0 Å². The van der Waals surface area contributed by atoms with E-state index in [9.17, 15) is 0 Å². The first-order chi connectivity index (χ1) is 9.67. The van der Waals surface area contributed by atoms with Crippen LogP contribution >= 0.6 is 23.1 Å². The summed E-state index contributed by atoms with van der Waals surface area (Å²) in [7, 11) is 0. The predicted octanol–water partition coefficient (Wildman–Crippen LogP) is 4.05. The average Bonchev–Trinajstić information content (AvgIpc) is 2.79. The van der Waals surface area contributed by atoms with E-state index in [1.165, 1.54) is 9.77 Å². The lowest BCUT2D eigenvalue weighted by molar-refractivity contribution is 1.24. The molecule has 3 rings (SSSR count). The van der Waals surface area contributed by atoms with Crippen LogP contribution in [0.25, 0.3) is 10.2 Å². The van der Waals surface area contributed by atoms with Crippen molar-refractivity contribution in [2.45, 2.75) is 11.8 Å². The molecule has 2 heterocycles. The number of hydrogen-bond donors (Lipinski definition) is 2. The second-order valence-electron chi connectivity index (χ2n) is 4.33. The summed E-state index contributed by atoms with van der Waals surface area (Å²) >= 11 is 3.32. The van der Waals surface area contributed by atoms with Crippen molar-refractivity contribution in [1.29, 1.82) is 0 Å². The molecule has 0 fully saturated rings. The van der Waals surface area contributed by atoms with Gasteiger partial charge in [-0.15, -0.1) is 23.1 Å². The molecule has 0 aliphatic heterocycles. The molecule has 0 radical (unpaired) electrons. The summed E-state index contributed by atoms with van der Waals surface area (Å²) in [5.74, 6) is 1.06. The van der Waals surface area contributed by atoms with Crippen LogP contribution in [0.1, 0.15) is 4.88 Å². The first-order valence-corrected chi connectivity index (χ1v) is 8.15. The van der Waals surface area contributed by atoms with Crippen LogP contribution in [0.2, 0.25) is 0 Å². The zero-order chi connectivity index (χ0) is 14.1. The van der Waals surface area contributed by atoms with Gasteiger partial charge in [0, 0.05) is 9.77 Å². The van der Waals surface area contributed by atoms with Crippen LogP contribution in [-0.4, -0.2) is 16.2 Å². The molecule has 0 aliphatic carbocycles. The number of aryl methyl sites for hydroxylation is 1. The van der Waals surface area contributed by atoms with Crippen LogP contribution in [0.4, 0.5) is 17.5 Å². The maximum absolute atomic E-state index is 5.80. The third-order valence-corrected chi connectivity index (χ3v) is 4.63. The minimum absolute atomic E-state index is 0.295. The molecule has 20 heavy (non-hydrogen) atoms. The number of thiophene rings is 1. The first kappa shape index (κ1) is 13.2. The highest BCUT2D eigenvalue weighted by Gasteiger charge is 2.10. The van der Waals surface area contributed by atoms with Crippen molar-refractivity contribution >= 4 is 50.8 Å². The van der Waals surface area contributed by atoms with Gasteiger partial charge in [0.05, 0.1) is 11.1 Å². The zero-order valence-corrected chi connectivity index (χ0v) is 12.8. The second kappa shape index (κ2) is 5.30. The van der Waals surface area contributed by atoms with Gasteiger partial charge in [0.2, 0.25) is 5.95 Å². The lowest BCUT2D eigenvalue weighted by Crippen LogP contribution is -2.00. The number of aromatic nitrogens is 2. The number of nitrogen functional groups attached to an aromatic ring is 1. The number of rotatable bonds is 3. The van der Waals surface area contributed by atoms with Gasteiger partial charge in [-0.2, -0.15) is 4.98 Å². The quantitative estimate of drug-likeness (QED) is 0.715.